The number of aromatic amines is 2. The van der Waals surface area contributed by atoms with Crippen LogP contribution in [-0.2, 0) is 6.42 Å². The highest BCUT2D eigenvalue weighted by Crippen LogP contribution is 2.49. The average Bonchev–Trinajstić information content (AvgIpc) is 3.71. The van der Waals surface area contributed by atoms with E-state index in [0.29, 0.717) is 23.7 Å². The van der Waals surface area contributed by atoms with E-state index in [-0.39, 0.29) is 24.0 Å². The molecule has 0 fully saturated rings. The third kappa shape index (κ3) is 3.72. The normalized spacial score (nSPS) is 15.7. The first kappa shape index (κ1) is 24.4. The van der Waals surface area contributed by atoms with Crippen molar-refractivity contribution in [3.63, 3.8) is 0 Å². The molecule has 2 aliphatic heterocycles. The van der Waals surface area contributed by atoms with Crippen LogP contribution in [0.3, 0.4) is 0 Å². The number of amides is 2. The Bertz CT molecular complexity index is 2090. The summed E-state index contributed by atoms with van der Waals surface area (Å²) in [6.45, 7) is 2.66. The van der Waals surface area contributed by atoms with Gasteiger partial charge < -0.3 is 19.6 Å². The summed E-state index contributed by atoms with van der Waals surface area (Å²) < 4.78 is 5.55. The second kappa shape index (κ2) is 9.07. The van der Waals surface area contributed by atoms with Crippen LogP contribution in [0, 0.1) is 0 Å². The minimum absolute atomic E-state index is 0.00640. The molecule has 0 bridgehead atoms. The van der Waals surface area contributed by atoms with Gasteiger partial charge in [-0.2, -0.15) is 0 Å². The third-order valence-electron chi connectivity index (χ3n) is 8.53. The molecule has 2 aliphatic rings. The predicted octanol–water partition coefficient (Wildman–Crippen LogP) is 7.31. The Balaban J connectivity index is 1.12. The van der Waals surface area contributed by atoms with Gasteiger partial charge in [0.2, 0.25) is 0 Å². The summed E-state index contributed by atoms with van der Waals surface area (Å²) in [6.07, 6.45) is 0.580. The maximum Gasteiger partial charge on any atom is 0.417 e. The lowest BCUT2D eigenvalue weighted by Crippen LogP contribution is -2.30. The van der Waals surface area contributed by atoms with E-state index in [9.17, 15) is 14.4 Å². The molecular formula is C34H26N4O4. The number of para-hydroxylation sites is 1. The molecule has 0 saturated heterocycles. The van der Waals surface area contributed by atoms with Crippen LogP contribution in [0.1, 0.15) is 51.4 Å². The number of anilines is 2. The van der Waals surface area contributed by atoms with Crippen LogP contribution in [0.5, 0.6) is 5.75 Å². The summed E-state index contributed by atoms with van der Waals surface area (Å²) in [7, 11) is 0. The van der Waals surface area contributed by atoms with Crippen LogP contribution < -0.4 is 15.0 Å². The van der Waals surface area contributed by atoms with Crippen molar-refractivity contribution < 1.29 is 19.1 Å². The van der Waals surface area contributed by atoms with Gasteiger partial charge >= 0.3 is 6.09 Å². The second-order valence-electron chi connectivity index (χ2n) is 11.0. The number of ketones is 1. The summed E-state index contributed by atoms with van der Waals surface area (Å²) in [4.78, 5) is 47.5. The van der Waals surface area contributed by atoms with Gasteiger partial charge in [0.05, 0.1) is 17.1 Å². The summed E-state index contributed by atoms with van der Waals surface area (Å²) in [5, 5.41) is 6.51. The Morgan fingerprint density at radius 2 is 1.71 bits per heavy atom. The number of aromatic nitrogens is 2. The van der Waals surface area contributed by atoms with E-state index >= 15 is 0 Å². The van der Waals surface area contributed by atoms with Gasteiger partial charge in [0.15, 0.2) is 5.78 Å². The first-order valence-corrected chi connectivity index (χ1v) is 14.1. The third-order valence-corrected chi connectivity index (χ3v) is 8.53. The molecule has 0 unspecified atom stereocenters. The summed E-state index contributed by atoms with van der Waals surface area (Å²) in [5.74, 6) is 0.463. The predicted molar refractivity (Wildman–Crippen MR) is 163 cm³/mol. The van der Waals surface area contributed by atoms with Crippen LogP contribution >= 0.6 is 0 Å². The Labute approximate surface area is 240 Å². The van der Waals surface area contributed by atoms with Gasteiger partial charge in [-0.1, -0.05) is 43.3 Å². The number of nitrogens with one attached hydrogen (secondary N) is 3. The zero-order chi connectivity index (χ0) is 28.5. The monoisotopic (exact) mass is 554 g/mol. The highest BCUT2D eigenvalue weighted by atomic mass is 16.6. The number of hydrogen-bond donors (Lipinski definition) is 3. The number of H-pyrrole nitrogens is 2. The lowest BCUT2D eigenvalue weighted by molar-refractivity contribution is 0.0978. The molecule has 0 aliphatic carbocycles. The van der Waals surface area contributed by atoms with E-state index in [0.717, 1.165) is 61.5 Å². The van der Waals surface area contributed by atoms with E-state index in [2.05, 4.69) is 22.2 Å². The standard InChI is InChI=1S/C34H26N4O4/c1-2-19-17-38(28-16-30-32-22(31(19)28)7-5-9-25(32)37-34(41)42-30)33(40)27-15-21-12-18(10-11-24(21)36-27)13-29(39)26-14-20-6-3-4-8-23(20)35-26/h3-12,14-16,19,35-36H,2,13,17H2,1H3,(H,37,41)/t19-/m1/s1. The number of benzene rings is 4. The number of hydrogen-bond acceptors (Lipinski definition) is 4. The first-order chi connectivity index (χ1) is 20.5. The minimum atomic E-state index is -0.535. The van der Waals surface area contributed by atoms with Crippen molar-refractivity contribution in [3.8, 4) is 5.75 Å². The number of fused-ring (bicyclic) bond motifs is 4. The van der Waals surface area contributed by atoms with E-state index < -0.39 is 6.09 Å². The van der Waals surface area contributed by atoms with E-state index in [1.54, 1.807) is 4.90 Å². The number of ether oxygens (including phenoxy) is 1. The minimum Gasteiger partial charge on any atom is -0.409 e. The number of nitrogens with zero attached hydrogens (tertiary/aromatic N) is 1. The zero-order valence-corrected chi connectivity index (χ0v) is 22.8. The molecule has 0 saturated carbocycles. The largest absolute Gasteiger partial charge is 0.417 e. The van der Waals surface area contributed by atoms with Gasteiger partial charge in [0.25, 0.3) is 5.91 Å². The van der Waals surface area contributed by atoms with Crippen molar-refractivity contribution in [2.75, 3.05) is 16.8 Å². The summed E-state index contributed by atoms with van der Waals surface area (Å²) in [6, 6.07) is 25.0. The van der Waals surface area contributed by atoms with Crippen molar-refractivity contribution in [2.24, 2.45) is 0 Å². The quantitative estimate of drug-likeness (QED) is 0.194. The van der Waals surface area contributed by atoms with Gasteiger partial charge in [-0.15, -0.1) is 0 Å². The Hall–Kier alpha value is -5.37. The maximum absolute atomic E-state index is 14.0. The van der Waals surface area contributed by atoms with Crippen molar-refractivity contribution >= 4 is 61.7 Å². The molecule has 2 amide bonds. The molecule has 6 aromatic rings. The number of rotatable bonds is 5. The number of carbonyl (C=O) groups is 3. The van der Waals surface area contributed by atoms with Gasteiger partial charge in [0, 0.05) is 52.1 Å². The fraction of sp³-hybridized carbons (Fsp3) is 0.147. The van der Waals surface area contributed by atoms with Crippen LogP contribution in [0.2, 0.25) is 0 Å². The Morgan fingerprint density at radius 1 is 0.905 bits per heavy atom. The lowest BCUT2D eigenvalue weighted by Gasteiger charge is -2.22. The molecule has 0 spiro atoms. The molecule has 4 aromatic carbocycles. The summed E-state index contributed by atoms with van der Waals surface area (Å²) >= 11 is 0. The molecule has 1 atom stereocenters. The molecule has 8 heteroatoms. The van der Waals surface area contributed by atoms with Gasteiger partial charge in [-0.25, -0.2) is 4.79 Å². The van der Waals surface area contributed by atoms with Gasteiger partial charge in [-0.05, 0) is 59.3 Å². The summed E-state index contributed by atoms with van der Waals surface area (Å²) in [5.41, 5.74) is 6.27. The maximum atomic E-state index is 14.0. The van der Waals surface area contributed by atoms with Crippen molar-refractivity contribution in [1.29, 1.82) is 0 Å². The molecule has 2 aromatic heterocycles. The van der Waals surface area contributed by atoms with Gasteiger partial charge in [0.1, 0.15) is 11.4 Å². The second-order valence-corrected chi connectivity index (χ2v) is 11.0. The topological polar surface area (TPSA) is 107 Å². The molecule has 0 radical (unpaired) electrons. The smallest absolute Gasteiger partial charge is 0.409 e. The SMILES string of the molecule is CC[C@@H]1CN(C(=O)c2cc3cc(CC(=O)c4cc5ccccc5[nH]4)ccc3[nH]2)c2cc3c4c(cccc4c21)NC(=O)O3. The van der Waals surface area contributed by atoms with Gasteiger partial charge in [-0.3, -0.25) is 14.9 Å². The molecule has 8 rings (SSSR count). The number of Topliss-reactive ketones (excluding diaryl/α,β-unsaturated/α-hetero) is 1. The van der Waals surface area contributed by atoms with Crippen LogP contribution in [0.15, 0.2) is 78.9 Å². The average molecular weight is 555 g/mol. The highest BCUT2D eigenvalue weighted by Gasteiger charge is 2.36. The number of carbonyl (C=O) groups excluding carboxylic acids is 3. The van der Waals surface area contributed by atoms with Crippen molar-refractivity contribution in [3.05, 3.63) is 101 Å². The fourth-order valence-electron chi connectivity index (χ4n) is 6.52. The fourth-order valence-corrected chi connectivity index (χ4v) is 6.52. The Kier molecular flexibility index (Phi) is 5.28. The van der Waals surface area contributed by atoms with E-state index in [1.165, 1.54) is 0 Å². The molecule has 3 N–H and O–H groups in total. The van der Waals surface area contributed by atoms with Crippen LogP contribution in [0.25, 0.3) is 32.6 Å². The molecule has 206 valence electrons. The lowest BCUT2D eigenvalue weighted by atomic mass is 9.92. The van der Waals surface area contributed by atoms with Crippen LogP contribution in [-0.4, -0.2) is 34.3 Å². The van der Waals surface area contributed by atoms with E-state index in [1.807, 2.05) is 78.9 Å². The highest BCUT2D eigenvalue weighted by molar-refractivity contribution is 6.15. The molecule has 8 nitrogen and oxygen atoms in total. The van der Waals surface area contributed by atoms with Crippen molar-refractivity contribution in [1.82, 2.24) is 9.97 Å². The molecule has 42 heavy (non-hydrogen) atoms. The Morgan fingerprint density at radius 3 is 2.57 bits per heavy atom. The molecular weight excluding hydrogens is 528 g/mol. The first-order valence-electron chi connectivity index (χ1n) is 14.1. The molecule has 4 heterocycles. The zero-order valence-electron chi connectivity index (χ0n) is 22.8. The van der Waals surface area contributed by atoms with Crippen molar-refractivity contribution in [2.45, 2.75) is 25.7 Å². The van der Waals surface area contributed by atoms with Crippen LogP contribution in [0.4, 0.5) is 16.2 Å². The van der Waals surface area contributed by atoms with E-state index in [4.69, 9.17) is 4.74 Å².